The van der Waals surface area contributed by atoms with Gasteiger partial charge in [0.2, 0.25) is 5.75 Å². The SMILES string of the molecule is COc1cc(CNCc2c(-c3ccccc3)c3ccccc3c(=O)n2C)cc(OC)c1OC. The van der Waals surface area contributed by atoms with Gasteiger partial charge in [-0.1, -0.05) is 48.5 Å². The molecule has 0 aliphatic heterocycles. The molecule has 3 aromatic carbocycles. The van der Waals surface area contributed by atoms with E-state index in [-0.39, 0.29) is 5.56 Å². The lowest BCUT2D eigenvalue weighted by Crippen LogP contribution is -2.26. The van der Waals surface area contributed by atoms with Crippen LogP contribution >= 0.6 is 0 Å². The Balaban J connectivity index is 1.72. The number of fused-ring (bicyclic) bond motifs is 1. The molecule has 0 saturated heterocycles. The van der Waals surface area contributed by atoms with Gasteiger partial charge in [0.15, 0.2) is 11.5 Å². The second-order valence-corrected chi connectivity index (χ2v) is 7.73. The smallest absolute Gasteiger partial charge is 0.258 e. The van der Waals surface area contributed by atoms with Crippen LogP contribution in [0, 0.1) is 0 Å². The van der Waals surface area contributed by atoms with Gasteiger partial charge in [-0.15, -0.1) is 0 Å². The number of nitrogens with one attached hydrogen (secondary N) is 1. The first-order chi connectivity index (χ1) is 16.1. The Labute approximate surface area is 193 Å². The quantitative estimate of drug-likeness (QED) is 0.433. The number of nitrogens with zero attached hydrogens (tertiary/aromatic N) is 1. The molecule has 0 unspecified atom stereocenters. The third-order valence-corrected chi connectivity index (χ3v) is 5.83. The average molecular weight is 445 g/mol. The standard InChI is InChI=1S/C27H28N2O4/c1-29-22(17-28-16-18-14-23(31-2)26(33-4)24(15-18)32-3)25(19-10-6-5-7-11-19)20-12-8-9-13-21(20)27(29)30/h5-15,28H,16-17H2,1-4H3. The molecule has 0 radical (unpaired) electrons. The molecule has 0 atom stereocenters. The molecular weight excluding hydrogens is 416 g/mol. The highest BCUT2D eigenvalue weighted by molar-refractivity contribution is 5.97. The monoisotopic (exact) mass is 444 g/mol. The highest BCUT2D eigenvalue weighted by atomic mass is 16.5. The van der Waals surface area contributed by atoms with E-state index in [1.165, 1.54) is 0 Å². The Morgan fingerprint density at radius 2 is 1.39 bits per heavy atom. The molecule has 0 spiro atoms. The van der Waals surface area contributed by atoms with Crippen molar-refractivity contribution < 1.29 is 14.2 Å². The van der Waals surface area contributed by atoms with E-state index in [4.69, 9.17) is 14.2 Å². The molecule has 1 heterocycles. The van der Waals surface area contributed by atoms with Crippen molar-refractivity contribution in [3.05, 3.63) is 88.3 Å². The summed E-state index contributed by atoms with van der Waals surface area (Å²) in [6, 6.07) is 21.8. The summed E-state index contributed by atoms with van der Waals surface area (Å²) in [7, 11) is 6.62. The minimum Gasteiger partial charge on any atom is -0.493 e. The fraction of sp³-hybridized carbons (Fsp3) is 0.222. The number of rotatable bonds is 8. The van der Waals surface area contributed by atoms with Gasteiger partial charge in [-0.2, -0.15) is 0 Å². The fourth-order valence-corrected chi connectivity index (χ4v) is 4.21. The average Bonchev–Trinajstić information content (AvgIpc) is 2.86. The maximum absolute atomic E-state index is 13.1. The molecule has 4 aromatic rings. The van der Waals surface area contributed by atoms with E-state index in [0.29, 0.717) is 35.7 Å². The Morgan fingerprint density at radius 3 is 2.00 bits per heavy atom. The molecule has 1 N–H and O–H groups in total. The van der Waals surface area contributed by atoms with E-state index in [1.807, 2.05) is 61.6 Å². The van der Waals surface area contributed by atoms with Crippen LogP contribution in [-0.4, -0.2) is 25.9 Å². The molecule has 0 bridgehead atoms. The van der Waals surface area contributed by atoms with Crippen LogP contribution in [0.5, 0.6) is 17.2 Å². The van der Waals surface area contributed by atoms with Crippen LogP contribution in [0.15, 0.2) is 71.5 Å². The number of ether oxygens (including phenoxy) is 3. The summed E-state index contributed by atoms with van der Waals surface area (Å²) < 4.78 is 18.1. The number of aromatic nitrogens is 1. The fourth-order valence-electron chi connectivity index (χ4n) is 4.21. The molecular formula is C27H28N2O4. The lowest BCUT2D eigenvalue weighted by Gasteiger charge is -2.19. The van der Waals surface area contributed by atoms with Crippen molar-refractivity contribution in [1.29, 1.82) is 0 Å². The number of benzene rings is 3. The summed E-state index contributed by atoms with van der Waals surface area (Å²) in [5, 5.41) is 5.16. The number of pyridine rings is 1. The second-order valence-electron chi connectivity index (χ2n) is 7.73. The third kappa shape index (κ3) is 4.30. The molecule has 6 nitrogen and oxygen atoms in total. The molecule has 33 heavy (non-hydrogen) atoms. The van der Waals surface area contributed by atoms with Gasteiger partial charge in [0.1, 0.15) is 0 Å². The summed E-state index contributed by atoms with van der Waals surface area (Å²) in [5.41, 5.74) is 4.04. The third-order valence-electron chi connectivity index (χ3n) is 5.83. The van der Waals surface area contributed by atoms with E-state index in [0.717, 1.165) is 27.8 Å². The summed E-state index contributed by atoms with van der Waals surface area (Å²) in [4.78, 5) is 13.1. The van der Waals surface area contributed by atoms with Gasteiger partial charge >= 0.3 is 0 Å². The topological polar surface area (TPSA) is 61.7 Å². The molecule has 6 heteroatoms. The first-order valence-electron chi connectivity index (χ1n) is 10.7. The van der Waals surface area contributed by atoms with Gasteiger partial charge in [0, 0.05) is 36.8 Å². The van der Waals surface area contributed by atoms with Crippen molar-refractivity contribution in [1.82, 2.24) is 9.88 Å². The molecule has 0 saturated carbocycles. The van der Waals surface area contributed by atoms with Crippen molar-refractivity contribution >= 4 is 10.8 Å². The molecule has 170 valence electrons. The van der Waals surface area contributed by atoms with E-state index in [2.05, 4.69) is 17.4 Å². The Morgan fingerprint density at radius 1 is 0.788 bits per heavy atom. The van der Waals surface area contributed by atoms with Gasteiger partial charge in [-0.05, 0) is 34.7 Å². The summed E-state index contributed by atoms with van der Waals surface area (Å²) >= 11 is 0. The molecule has 0 amide bonds. The lowest BCUT2D eigenvalue weighted by atomic mass is 9.96. The number of hydrogen-bond acceptors (Lipinski definition) is 5. The molecule has 1 aromatic heterocycles. The summed E-state index contributed by atoms with van der Waals surface area (Å²) in [5.74, 6) is 1.78. The Hall–Kier alpha value is -3.77. The van der Waals surface area contributed by atoms with E-state index in [9.17, 15) is 4.79 Å². The van der Waals surface area contributed by atoms with Crippen molar-refractivity contribution in [2.75, 3.05) is 21.3 Å². The van der Waals surface area contributed by atoms with Crippen molar-refractivity contribution in [2.24, 2.45) is 7.05 Å². The van der Waals surface area contributed by atoms with Gasteiger partial charge in [0.05, 0.1) is 21.3 Å². The second kappa shape index (κ2) is 9.79. The Bertz CT molecular complexity index is 1300. The van der Waals surface area contributed by atoms with Crippen LogP contribution in [0.1, 0.15) is 11.3 Å². The van der Waals surface area contributed by atoms with Crippen LogP contribution in [-0.2, 0) is 20.1 Å². The van der Waals surface area contributed by atoms with Crippen molar-refractivity contribution in [3.8, 4) is 28.4 Å². The molecule has 0 aliphatic carbocycles. The largest absolute Gasteiger partial charge is 0.493 e. The van der Waals surface area contributed by atoms with E-state index >= 15 is 0 Å². The Kier molecular flexibility index (Phi) is 6.66. The molecule has 0 fully saturated rings. The lowest BCUT2D eigenvalue weighted by molar-refractivity contribution is 0.323. The highest BCUT2D eigenvalue weighted by Gasteiger charge is 2.17. The van der Waals surface area contributed by atoms with Gasteiger partial charge < -0.3 is 24.1 Å². The predicted octanol–water partition coefficient (Wildman–Crippen LogP) is 4.52. The van der Waals surface area contributed by atoms with Gasteiger partial charge in [-0.25, -0.2) is 0 Å². The van der Waals surface area contributed by atoms with Crippen LogP contribution in [0.25, 0.3) is 21.9 Å². The molecule has 0 aliphatic rings. The van der Waals surface area contributed by atoms with Crippen molar-refractivity contribution in [2.45, 2.75) is 13.1 Å². The van der Waals surface area contributed by atoms with Crippen LogP contribution in [0.4, 0.5) is 0 Å². The van der Waals surface area contributed by atoms with Crippen LogP contribution in [0.2, 0.25) is 0 Å². The number of hydrogen-bond donors (Lipinski definition) is 1. The van der Waals surface area contributed by atoms with E-state index in [1.54, 1.807) is 25.9 Å². The van der Waals surface area contributed by atoms with Crippen LogP contribution in [0.3, 0.4) is 0 Å². The van der Waals surface area contributed by atoms with Crippen molar-refractivity contribution in [3.63, 3.8) is 0 Å². The number of methoxy groups -OCH3 is 3. The summed E-state index contributed by atoms with van der Waals surface area (Å²) in [6.45, 7) is 1.07. The van der Waals surface area contributed by atoms with E-state index < -0.39 is 0 Å². The van der Waals surface area contributed by atoms with Gasteiger partial charge in [-0.3, -0.25) is 4.79 Å². The summed E-state index contributed by atoms with van der Waals surface area (Å²) in [6.07, 6.45) is 0. The normalized spacial score (nSPS) is 10.9. The first-order valence-corrected chi connectivity index (χ1v) is 10.7. The highest BCUT2D eigenvalue weighted by Crippen LogP contribution is 2.38. The predicted molar refractivity (Wildman–Crippen MR) is 131 cm³/mol. The molecule has 4 rings (SSSR count). The van der Waals surface area contributed by atoms with Crippen LogP contribution < -0.4 is 25.1 Å². The first kappa shape index (κ1) is 22.4. The maximum atomic E-state index is 13.1. The zero-order valence-corrected chi connectivity index (χ0v) is 19.3. The minimum absolute atomic E-state index is 0.00475. The minimum atomic E-state index is -0.00475. The zero-order valence-electron chi connectivity index (χ0n) is 19.3. The van der Waals surface area contributed by atoms with Gasteiger partial charge in [0.25, 0.3) is 5.56 Å². The zero-order chi connectivity index (χ0) is 23.4. The maximum Gasteiger partial charge on any atom is 0.258 e.